The Morgan fingerprint density at radius 3 is 2.67 bits per heavy atom. The van der Waals surface area contributed by atoms with Crippen molar-refractivity contribution in [1.82, 2.24) is 9.97 Å². The van der Waals surface area contributed by atoms with Crippen LogP contribution < -0.4 is 10.6 Å². The summed E-state index contributed by atoms with van der Waals surface area (Å²) in [4.78, 5) is 19.4. The van der Waals surface area contributed by atoms with Crippen molar-refractivity contribution in [3.63, 3.8) is 0 Å². The fourth-order valence-electron chi connectivity index (χ4n) is 2.54. The molecule has 126 valence electrons. The Hall–Kier alpha value is -2.68. The van der Waals surface area contributed by atoms with Gasteiger partial charge in [0, 0.05) is 12.1 Å². The smallest absolute Gasteiger partial charge is 0.337 e. The number of hydrogen-bond donors (Lipinski definition) is 3. The molecule has 2 heterocycles. The Labute approximate surface area is 138 Å². The summed E-state index contributed by atoms with van der Waals surface area (Å²) in [5, 5.41) is 15.2. The number of sulfone groups is 1. The summed E-state index contributed by atoms with van der Waals surface area (Å²) in [5.74, 6) is 0.125. The van der Waals surface area contributed by atoms with Crippen LogP contribution in [-0.2, 0) is 9.84 Å². The second kappa shape index (κ2) is 6.44. The third-order valence-corrected chi connectivity index (χ3v) is 5.44. The highest BCUT2D eigenvalue weighted by atomic mass is 32.2. The molecule has 1 saturated heterocycles. The first-order valence-electron chi connectivity index (χ1n) is 7.31. The summed E-state index contributed by atoms with van der Waals surface area (Å²) in [6, 6.07) is 7.94. The molecule has 1 aliphatic heterocycles. The standard InChI is InChI=1S/C15H16N4O4S/c20-15(21)11-3-1-2-4-12(11)19-14-7-13(16-9-17-14)18-10-5-6-24(22,23)8-10/h1-4,7,9-10H,5-6,8H2,(H,20,21)(H2,16,17,18,19). The molecule has 9 heteroatoms. The first-order valence-corrected chi connectivity index (χ1v) is 9.13. The van der Waals surface area contributed by atoms with Crippen molar-refractivity contribution in [3.05, 3.63) is 42.2 Å². The number of aromatic carboxylic acids is 1. The molecule has 0 spiro atoms. The highest BCUT2D eigenvalue weighted by Crippen LogP contribution is 2.22. The van der Waals surface area contributed by atoms with Crippen molar-refractivity contribution in [1.29, 1.82) is 0 Å². The van der Waals surface area contributed by atoms with Crippen molar-refractivity contribution in [2.24, 2.45) is 0 Å². The van der Waals surface area contributed by atoms with Crippen LogP contribution in [0.3, 0.4) is 0 Å². The van der Waals surface area contributed by atoms with Crippen molar-refractivity contribution < 1.29 is 18.3 Å². The molecule has 0 saturated carbocycles. The van der Waals surface area contributed by atoms with Gasteiger partial charge in [0.15, 0.2) is 9.84 Å². The molecule has 1 aromatic heterocycles. The van der Waals surface area contributed by atoms with Gasteiger partial charge in [0.25, 0.3) is 0 Å². The largest absolute Gasteiger partial charge is 0.478 e. The highest BCUT2D eigenvalue weighted by molar-refractivity contribution is 7.91. The van der Waals surface area contributed by atoms with Gasteiger partial charge < -0.3 is 15.7 Å². The molecule has 1 atom stereocenters. The van der Waals surface area contributed by atoms with Gasteiger partial charge in [-0.2, -0.15) is 0 Å². The molecule has 3 N–H and O–H groups in total. The average Bonchev–Trinajstić information content (AvgIpc) is 2.87. The van der Waals surface area contributed by atoms with E-state index in [4.69, 9.17) is 0 Å². The third-order valence-electron chi connectivity index (χ3n) is 3.67. The number of carbonyl (C=O) groups is 1. The normalized spacial score (nSPS) is 18.9. The van der Waals surface area contributed by atoms with Gasteiger partial charge in [0.2, 0.25) is 0 Å². The van der Waals surface area contributed by atoms with Gasteiger partial charge in [-0.3, -0.25) is 0 Å². The number of hydrogen-bond acceptors (Lipinski definition) is 7. The molecule has 24 heavy (non-hydrogen) atoms. The number of aromatic nitrogens is 2. The molecular formula is C15H16N4O4S. The maximum Gasteiger partial charge on any atom is 0.337 e. The Bertz CT molecular complexity index is 869. The molecule has 8 nitrogen and oxygen atoms in total. The second-order valence-corrected chi connectivity index (χ2v) is 7.74. The van der Waals surface area contributed by atoms with E-state index in [0.717, 1.165) is 0 Å². The van der Waals surface area contributed by atoms with Gasteiger partial charge in [-0.15, -0.1) is 0 Å². The Balaban J connectivity index is 1.76. The third kappa shape index (κ3) is 3.80. The van der Waals surface area contributed by atoms with E-state index in [0.29, 0.717) is 23.7 Å². The van der Waals surface area contributed by atoms with Crippen LogP contribution in [0.5, 0.6) is 0 Å². The van der Waals surface area contributed by atoms with E-state index in [1.54, 1.807) is 24.3 Å². The van der Waals surface area contributed by atoms with E-state index < -0.39 is 15.8 Å². The van der Waals surface area contributed by atoms with Gasteiger partial charge in [0.05, 0.1) is 22.8 Å². The molecular weight excluding hydrogens is 332 g/mol. The number of rotatable bonds is 5. The van der Waals surface area contributed by atoms with Gasteiger partial charge in [-0.1, -0.05) is 12.1 Å². The zero-order chi connectivity index (χ0) is 17.2. The molecule has 1 fully saturated rings. The fraction of sp³-hybridized carbons (Fsp3) is 0.267. The summed E-state index contributed by atoms with van der Waals surface area (Å²) < 4.78 is 23.0. The first kappa shape index (κ1) is 16.2. The minimum absolute atomic E-state index is 0.0849. The van der Waals surface area contributed by atoms with Crippen LogP contribution in [0.15, 0.2) is 36.7 Å². The van der Waals surface area contributed by atoms with E-state index >= 15 is 0 Å². The number of benzene rings is 1. The summed E-state index contributed by atoms with van der Waals surface area (Å²) in [6.07, 6.45) is 1.87. The monoisotopic (exact) mass is 348 g/mol. The molecule has 3 rings (SSSR count). The predicted octanol–water partition coefficient (Wildman–Crippen LogP) is 1.52. The Kier molecular flexibility index (Phi) is 4.34. The Morgan fingerprint density at radius 2 is 1.96 bits per heavy atom. The topological polar surface area (TPSA) is 121 Å². The van der Waals surface area contributed by atoms with Crippen LogP contribution in [0.2, 0.25) is 0 Å². The molecule has 0 radical (unpaired) electrons. The lowest BCUT2D eigenvalue weighted by atomic mass is 10.2. The van der Waals surface area contributed by atoms with Crippen LogP contribution in [0.4, 0.5) is 17.3 Å². The van der Waals surface area contributed by atoms with Crippen molar-refractivity contribution in [3.8, 4) is 0 Å². The Morgan fingerprint density at radius 1 is 1.21 bits per heavy atom. The maximum atomic E-state index is 11.5. The predicted molar refractivity (Wildman–Crippen MR) is 89.4 cm³/mol. The van der Waals surface area contributed by atoms with E-state index in [1.165, 1.54) is 12.4 Å². The van der Waals surface area contributed by atoms with E-state index in [1.807, 2.05) is 0 Å². The van der Waals surface area contributed by atoms with Crippen LogP contribution >= 0.6 is 0 Å². The summed E-state index contributed by atoms with van der Waals surface area (Å²) in [5.41, 5.74) is 0.547. The fourth-order valence-corrected chi connectivity index (χ4v) is 4.21. The lowest BCUT2D eigenvalue weighted by Gasteiger charge is -2.13. The zero-order valence-corrected chi connectivity index (χ0v) is 13.5. The minimum Gasteiger partial charge on any atom is -0.478 e. The average molecular weight is 348 g/mol. The molecule has 1 aromatic carbocycles. The molecule has 1 unspecified atom stereocenters. The van der Waals surface area contributed by atoms with Crippen LogP contribution in [0, 0.1) is 0 Å². The van der Waals surface area contributed by atoms with Gasteiger partial charge in [-0.25, -0.2) is 23.2 Å². The van der Waals surface area contributed by atoms with Crippen molar-refractivity contribution in [2.75, 3.05) is 22.1 Å². The molecule has 0 aliphatic carbocycles. The van der Waals surface area contributed by atoms with Crippen LogP contribution in [0.1, 0.15) is 16.8 Å². The first-order chi connectivity index (χ1) is 11.4. The quantitative estimate of drug-likeness (QED) is 0.743. The number of para-hydroxylation sites is 1. The van der Waals surface area contributed by atoms with E-state index in [9.17, 15) is 18.3 Å². The molecule has 0 amide bonds. The van der Waals surface area contributed by atoms with Crippen LogP contribution in [0.25, 0.3) is 0 Å². The van der Waals surface area contributed by atoms with Gasteiger partial charge in [0.1, 0.15) is 18.0 Å². The summed E-state index contributed by atoms with van der Waals surface area (Å²) in [6.45, 7) is 0. The van der Waals surface area contributed by atoms with Gasteiger partial charge in [-0.05, 0) is 18.6 Å². The second-order valence-electron chi connectivity index (χ2n) is 5.51. The number of anilines is 3. The number of carboxylic acids is 1. The molecule has 2 aromatic rings. The lowest BCUT2D eigenvalue weighted by Crippen LogP contribution is -2.21. The van der Waals surface area contributed by atoms with E-state index in [-0.39, 0.29) is 23.1 Å². The van der Waals surface area contributed by atoms with Gasteiger partial charge >= 0.3 is 5.97 Å². The number of carboxylic acid groups (broad SMARTS) is 1. The lowest BCUT2D eigenvalue weighted by molar-refractivity contribution is 0.0698. The summed E-state index contributed by atoms with van der Waals surface area (Å²) >= 11 is 0. The summed E-state index contributed by atoms with van der Waals surface area (Å²) in [7, 11) is -2.98. The van der Waals surface area contributed by atoms with E-state index in [2.05, 4.69) is 20.6 Å². The van der Waals surface area contributed by atoms with Crippen molar-refractivity contribution >= 4 is 33.1 Å². The zero-order valence-electron chi connectivity index (χ0n) is 12.6. The SMILES string of the molecule is O=C(O)c1ccccc1Nc1cc(NC2CCS(=O)(=O)C2)ncn1. The molecule has 1 aliphatic rings. The molecule has 0 bridgehead atoms. The minimum atomic E-state index is -2.98. The highest BCUT2D eigenvalue weighted by Gasteiger charge is 2.27. The maximum absolute atomic E-state index is 11.5. The number of nitrogens with one attached hydrogen (secondary N) is 2. The number of nitrogens with zero attached hydrogens (tertiary/aromatic N) is 2. The van der Waals surface area contributed by atoms with Crippen LogP contribution in [-0.4, -0.2) is 47.0 Å². The van der Waals surface area contributed by atoms with Crippen molar-refractivity contribution in [2.45, 2.75) is 12.5 Å².